The predicted molar refractivity (Wildman–Crippen MR) is 78.3 cm³/mol. The summed E-state index contributed by atoms with van der Waals surface area (Å²) in [6, 6.07) is 5.41. The molecule has 0 aliphatic heterocycles. The van der Waals surface area contributed by atoms with E-state index in [1.165, 1.54) is 0 Å². The average molecular weight is 281 g/mol. The zero-order valence-corrected chi connectivity index (χ0v) is 12.2. The summed E-state index contributed by atoms with van der Waals surface area (Å²) in [5.74, 6) is 6.34. The van der Waals surface area contributed by atoms with Crippen molar-refractivity contribution in [3.8, 4) is 17.6 Å². The van der Waals surface area contributed by atoms with Gasteiger partial charge in [-0.25, -0.2) is 0 Å². The van der Waals surface area contributed by atoms with Crippen LogP contribution >= 0.6 is 0 Å². The first-order chi connectivity index (χ1) is 10.2. The monoisotopic (exact) mass is 281 g/mol. The minimum Gasteiger partial charge on any atom is -0.875 e. The molecule has 2 unspecified atom stereocenters. The largest absolute Gasteiger partial charge is 0.875 e. The number of rotatable bonds is 2. The quantitative estimate of drug-likeness (QED) is 0.780. The molecule has 2 aliphatic rings. The second-order valence-corrected chi connectivity index (χ2v) is 5.60. The van der Waals surface area contributed by atoms with Gasteiger partial charge in [0.05, 0.1) is 7.11 Å². The van der Waals surface area contributed by atoms with Gasteiger partial charge in [-0.1, -0.05) is 5.92 Å². The van der Waals surface area contributed by atoms with Gasteiger partial charge in [0.1, 0.15) is 5.75 Å². The highest BCUT2D eigenvalue weighted by molar-refractivity contribution is 6.23. The van der Waals surface area contributed by atoms with Crippen molar-refractivity contribution in [2.24, 2.45) is 11.8 Å². The van der Waals surface area contributed by atoms with Crippen LogP contribution in [0.3, 0.4) is 0 Å². The Kier molecular flexibility index (Phi) is 3.47. The van der Waals surface area contributed by atoms with Crippen LogP contribution in [0.2, 0.25) is 0 Å². The molecule has 108 valence electrons. The number of carbonyl (C=O) groups excluding carboxylic acids is 1. The third-order valence-corrected chi connectivity index (χ3v) is 4.41. The molecular weight excluding hydrogens is 264 g/mol. The highest BCUT2D eigenvalue weighted by atomic mass is 16.5. The van der Waals surface area contributed by atoms with Crippen LogP contribution in [0.25, 0.3) is 5.57 Å². The number of Topliss-reactive ketones (excluding diaryl/α,β-unsaturated/α-hetero) is 1. The Morgan fingerprint density at radius 2 is 2.05 bits per heavy atom. The van der Waals surface area contributed by atoms with E-state index < -0.39 is 0 Å². The van der Waals surface area contributed by atoms with Crippen molar-refractivity contribution in [3.05, 3.63) is 35.1 Å². The van der Waals surface area contributed by atoms with E-state index in [1.54, 1.807) is 26.2 Å². The molecule has 2 atom stereocenters. The van der Waals surface area contributed by atoms with Crippen molar-refractivity contribution in [1.29, 1.82) is 0 Å². The molecule has 0 aromatic heterocycles. The van der Waals surface area contributed by atoms with Crippen LogP contribution in [0.15, 0.2) is 24.0 Å². The summed E-state index contributed by atoms with van der Waals surface area (Å²) >= 11 is 0. The van der Waals surface area contributed by atoms with Gasteiger partial charge >= 0.3 is 0 Å². The Labute approximate surface area is 124 Å². The topological polar surface area (TPSA) is 49.4 Å². The molecule has 3 rings (SSSR count). The van der Waals surface area contributed by atoms with Crippen molar-refractivity contribution >= 4 is 11.4 Å². The number of fused-ring (bicyclic) bond motifs is 2. The number of hydrogen-bond acceptors (Lipinski definition) is 3. The van der Waals surface area contributed by atoms with E-state index in [9.17, 15) is 9.90 Å². The van der Waals surface area contributed by atoms with E-state index in [0.717, 1.165) is 24.8 Å². The van der Waals surface area contributed by atoms with Crippen LogP contribution in [0, 0.1) is 23.7 Å². The molecule has 0 heterocycles. The Morgan fingerprint density at radius 1 is 1.29 bits per heavy atom. The Hall–Kier alpha value is -2.21. The minimum absolute atomic E-state index is 0.0126. The molecule has 1 aromatic rings. The summed E-state index contributed by atoms with van der Waals surface area (Å²) in [4.78, 5) is 12.5. The van der Waals surface area contributed by atoms with E-state index in [-0.39, 0.29) is 23.4 Å². The van der Waals surface area contributed by atoms with Gasteiger partial charge < -0.3 is 9.84 Å². The first-order valence-electron chi connectivity index (χ1n) is 7.22. The van der Waals surface area contributed by atoms with E-state index in [1.807, 2.05) is 6.07 Å². The van der Waals surface area contributed by atoms with Gasteiger partial charge in [-0.15, -0.1) is 11.7 Å². The molecule has 0 N–H and O–H groups in total. The number of benzene rings is 1. The van der Waals surface area contributed by atoms with E-state index in [0.29, 0.717) is 16.9 Å². The molecule has 1 aromatic carbocycles. The van der Waals surface area contributed by atoms with E-state index in [2.05, 4.69) is 11.8 Å². The van der Waals surface area contributed by atoms with Gasteiger partial charge in [0.15, 0.2) is 5.78 Å². The van der Waals surface area contributed by atoms with E-state index in [4.69, 9.17) is 4.74 Å². The number of ketones is 1. The smallest absolute Gasteiger partial charge is 0.165 e. The molecule has 3 nitrogen and oxygen atoms in total. The van der Waals surface area contributed by atoms with Gasteiger partial charge in [0.2, 0.25) is 0 Å². The first kappa shape index (κ1) is 13.8. The maximum atomic E-state index is 12.5. The summed E-state index contributed by atoms with van der Waals surface area (Å²) in [5, 5.41) is 12.5. The third kappa shape index (κ3) is 2.21. The summed E-state index contributed by atoms with van der Waals surface area (Å²) in [5.41, 5.74) is 1.77. The number of allylic oxidation sites excluding steroid dienone is 2. The minimum atomic E-state index is -0.0126. The lowest BCUT2D eigenvalue weighted by atomic mass is 9.83. The standard InChI is InChI=1S/C18H18O3/c1-3-4-11-5-8-14(15(9-11)21-2)16-17(19)12-6-7-13(10-12)18(16)20/h5,8-9,12-13,19H,6-7,10H2,1-2H3/p-1. The molecule has 1 fully saturated rings. The molecule has 0 spiro atoms. The fraction of sp³-hybridized carbons (Fsp3) is 0.389. The van der Waals surface area contributed by atoms with Gasteiger partial charge in [0.25, 0.3) is 0 Å². The lowest BCUT2D eigenvalue weighted by molar-refractivity contribution is -0.314. The molecule has 21 heavy (non-hydrogen) atoms. The molecule has 1 saturated carbocycles. The molecule has 0 amide bonds. The Morgan fingerprint density at radius 3 is 2.76 bits per heavy atom. The first-order valence-corrected chi connectivity index (χ1v) is 7.22. The number of ether oxygens (including phenoxy) is 1. The fourth-order valence-corrected chi connectivity index (χ4v) is 3.37. The zero-order chi connectivity index (χ0) is 15.0. The Bertz CT molecular complexity index is 688. The molecule has 3 heteroatoms. The lowest BCUT2D eigenvalue weighted by Gasteiger charge is -2.30. The summed E-state index contributed by atoms with van der Waals surface area (Å²) in [6.07, 6.45) is 2.39. The highest BCUT2D eigenvalue weighted by Gasteiger charge is 2.38. The van der Waals surface area contributed by atoms with E-state index >= 15 is 0 Å². The summed E-state index contributed by atoms with van der Waals surface area (Å²) in [7, 11) is 1.55. The lowest BCUT2D eigenvalue weighted by Crippen LogP contribution is -2.27. The maximum absolute atomic E-state index is 12.5. The van der Waals surface area contributed by atoms with Crippen molar-refractivity contribution in [1.82, 2.24) is 0 Å². The number of methoxy groups -OCH3 is 1. The molecule has 0 radical (unpaired) electrons. The molecule has 0 saturated heterocycles. The van der Waals surface area contributed by atoms with Crippen molar-refractivity contribution in [2.45, 2.75) is 26.2 Å². The van der Waals surface area contributed by atoms with Gasteiger partial charge in [-0.3, -0.25) is 4.79 Å². The molecule has 2 aliphatic carbocycles. The number of carbonyl (C=O) groups is 1. The second-order valence-electron chi connectivity index (χ2n) is 5.60. The predicted octanol–water partition coefficient (Wildman–Crippen LogP) is 2.14. The van der Waals surface area contributed by atoms with Crippen LogP contribution in [0.1, 0.15) is 37.3 Å². The van der Waals surface area contributed by atoms with Gasteiger partial charge in [0, 0.05) is 22.6 Å². The SMILES string of the molecule is CC#Cc1ccc(C2=C([O-])C3CCC(C3)C2=O)c(OC)c1. The van der Waals surface area contributed by atoms with Crippen molar-refractivity contribution in [3.63, 3.8) is 0 Å². The van der Waals surface area contributed by atoms with Crippen molar-refractivity contribution in [2.75, 3.05) is 7.11 Å². The Balaban J connectivity index is 2.12. The normalized spacial score (nSPS) is 23.8. The van der Waals surface area contributed by atoms with Crippen LogP contribution < -0.4 is 9.84 Å². The van der Waals surface area contributed by atoms with Crippen LogP contribution in [0.5, 0.6) is 5.75 Å². The number of hydrogen-bond donors (Lipinski definition) is 0. The second kappa shape index (κ2) is 5.29. The van der Waals surface area contributed by atoms with Crippen LogP contribution in [-0.4, -0.2) is 12.9 Å². The fourth-order valence-electron chi connectivity index (χ4n) is 3.37. The highest BCUT2D eigenvalue weighted by Crippen LogP contribution is 2.45. The summed E-state index contributed by atoms with van der Waals surface area (Å²) in [6.45, 7) is 1.76. The third-order valence-electron chi connectivity index (χ3n) is 4.41. The zero-order valence-electron chi connectivity index (χ0n) is 12.2. The molecular formula is C18H17O3-. The molecule has 2 bridgehead atoms. The van der Waals surface area contributed by atoms with Crippen LogP contribution in [-0.2, 0) is 4.79 Å². The van der Waals surface area contributed by atoms with Gasteiger partial charge in [-0.2, -0.15) is 0 Å². The average Bonchev–Trinajstić information content (AvgIpc) is 2.94. The summed E-state index contributed by atoms with van der Waals surface area (Å²) < 4.78 is 5.38. The van der Waals surface area contributed by atoms with Crippen molar-refractivity contribution < 1.29 is 14.6 Å². The van der Waals surface area contributed by atoms with Gasteiger partial charge in [-0.05, 0) is 50.3 Å². The maximum Gasteiger partial charge on any atom is 0.165 e. The van der Waals surface area contributed by atoms with Crippen LogP contribution in [0.4, 0.5) is 0 Å².